The van der Waals surface area contributed by atoms with Crippen molar-refractivity contribution >= 4 is 11.6 Å². The predicted molar refractivity (Wildman–Crippen MR) is 93.6 cm³/mol. The Hall–Kier alpha value is -2.36. The van der Waals surface area contributed by atoms with Crippen LogP contribution in [0.25, 0.3) is 0 Å². The van der Waals surface area contributed by atoms with E-state index in [4.69, 9.17) is 9.47 Å². The Morgan fingerprint density at radius 1 is 1.25 bits per heavy atom. The molecule has 1 rings (SSSR count). The Morgan fingerprint density at radius 3 is 2.38 bits per heavy atom. The van der Waals surface area contributed by atoms with Crippen molar-refractivity contribution in [3.63, 3.8) is 0 Å². The van der Waals surface area contributed by atoms with Crippen molar-refractivity contribution in [3.05, 3.63) is 41.1 Å². The van der Waals surface area contributed by atoms with Crippen molar-refractivity contribution in [1.82, 2.24) is 4.90 Å². The summed E-state index contributed by atoms with van der Waals surface area (Å²) in [6.45, 7) is 6.05. The van der Waals surface area contributed by atoms with Gasteiger partial charge in [-0.05, 0) is 25.5 Å². The summed E-state index contributed by atoms with van der Waals surface area (Å²) >= 11 is 0. The van der Waals surface area contributed by atoms with Crippen LogP contribution in [0.5, 0.6) is 0 Å². The zero-order valence-corrected chi connectivity index (χ0v) is 14.8. The summed E-state index contributed by atoms with van der Waals surface area (Å²) < 4.78 is 10.1. The second-order valence-electron chi connectivity index (χ2n) is 5.45. The molecule has 0 unspecified atom stereocenters. The molecule has 0 radical (unpaired) electrons. The Bertz CT molecular complexity index is 612. The van der Waals surface area contributed by atoms with Gasteiger partial charge in [0.25, 0.3) is 5.91 Å². The number of methoxy groups -OCH3 is 2. The third-order valence-electron chi connectivity index (χ3n) is 3.47. The summed E-state index contributed by atoms with van der Waals surface area (Å²) in [6.07, 6.45) is 1.55. The number of nitrogens with one attached hydrogen (secondary N) is 1. The minimum atomic E-state index is -0.427. The number of hydrogen-bond acceptors (Lipinski definition) is 5. The molecule has 0 bridgehead atoms. The molecule has 0 aromatic heterocycles. The molecule has 0 heterocycles. The number of nitriles is 1. The predicted octanol–water partition coefficient (Wildman–Crippen LogP) is 2.24. The summed E-state index contributed by atoms with van der Waals surface area (Å²) in [5, 5.41) is 12.1. The number of benzene rings is 1. The van der Waals surface area contributed by atoms with Gasteiger partial charge in [0.2, 0.25) is 0 Å². The fraction of sp³-hybridized carbons (Fsp3) is 0.444. The summed E-state index contributed by atoms with van der Waals surface area (Å²) in [6, 6.07) is 7.70. The first-order valence-corrected chi connectivity index (χ1v) is 7.74. The second-order valence-corrected chi connectivity index (χ2v) is 5.45. The van der Waals surface area contributed by atoms with Crippen LogP contribution in [0.2, 0.25) is 0 Å². The maximum absolute atomic E-state index is 12.4. The molecule has 0 atom stereocenters. The van der Waals surface area contributed by atoms with Gasteiger partial charge in [0.05, 0.1) is 13.2 Å². The molecule has 0 saturated carbocycles. The molecule has 130 valence electrons. The van der Waals surface area contributed by atoms with E-state index >= 15 is 0 Å². The zero-order chi connectivity index (χ0) is 17.9. The Morgan fingerprint density at radius 2 is 1.88 bits per heavy atom. The number of ether oxygens (including phenoxy) is 2. The van der Waals surface area contributed by atoms with Gasteiger partial charge in [0.15, 0.2) is 0 Å². The van der Waals surface area contributed by atoms with E-state index in [-0.39, 0.29) is 5.57 Å². The molecule has 1 amide bonds. The van der Waals surface area contributed by atoms with E-state index in [9.17, 15) is 10.1 Å². The highest BCUT2D eigenvalue weighted by Gasteiger charge is 2.13. The van der Waals surface area contributed by atoms with Gasteiger partial charge < -0.3 is 19.7 Å². The molecule has 0 aliphatic rings. The number of amides is 1. The van der Waals surface area contributed by atoms with Crippen LogP contribution in [-0.2, 0) is 14.3 Å². The number of rotatable bonds is 9. The van der Waals surface area contributed by atoms with E-state index in [0.29, 0.717) is 32.0 Å². The molecule has 0 aliphatic heterocycles. The second kappa shape index (κ2) is 10.4. The largest absolute Gasteiger partial charge is 0.383 e. The van der Waals surface area contributed by atoms with Crippen LogP contribution in [0.4, 0.5) is 5.69 Å². The lowest BCUT2D eigenvalue weighted by atomic mass is 10.1. The van der Waals surface area contributed by atoms with E-state index in [1.54, 1.807) is 20.4 Å². The van der Waals surface area contributed by atoms with E-state index in [1.165, 1.54) is 0 Å². The Balaban J connectivity index is 2.87. The van der Waals surface area contributed by atoms with Gasteiger partial charge in [0, 0.05) is 39.2 Å². The van der Waals surface area contributed by atoms with Gasteiger partial charge in [-0.1, -0.05) is 17.7 Å². The van der Waals surface area contributed by atoms with Crippen LogP contribution < -0.4 is 5.32 Å². The Kier molecular flexibility index (Phi) is 8.55. The first-order chi connectivity index (χ1) is 11.5. The topological polar surface area (TPSA) is 74.6 Å². The minimum Gasteiger partial charge on any atom is -0.383 e. The third-order valence-corrected chi connectivity index (χ3v) is 3.47. The van der Waals surface area contributed by atoms with Crippen molar-refractivity contribution in [1.29, 1.82) is 5.26 Å². The maximum atomic E-state index is 12.4. The summed E-state index contributed by atoms with van der Waals surface area (Å²) in [5.74, 6) is -0.427. The van der Waals surface area contributed by atoms with Crippen molar-refractivity contribution < 1.29 is 14.3 Å². The smallest absolute Gasteiger partial charge is 0.267 e. The number of aryl methyl sites for hydroxylation is 2. The highest BCUT2D eigenvalue weighted by Crippen LogP contribution is 2.17. The van der Waals surface area contributed by atoms with Gasteiger partial charge in [0.1, 0.15) is 11.6 Å². The highest BCUT2D eigenvalue weighted by molar-refractivity contribution is 6.06. The number of hydrogen-bond donors (Lipinski definition) is 1. The van der Waals surface area contributed by atoms with Crippen molar-refractivity contribution in [2.24, 2.45) is 0 Å². The summed E-state index contributed by atoms with van der Waals surface area (Å²) in [5.41, 5.74) is 2.82. The lowest BCUT2D eigenvalue weighted by molar-refractivity contribution is -0.112. The van der Waals surface area contributed by atoms with E-state index in [2.05, 4.69) is 5.32 Å². The molecule has 0 spiro atoms. The number of carbonyl (C=O) groups is 1. The molecule has 6 nitrogen and oxygen atoms in total. The number of nitrogens with zero attached hydrogens (tertiary/aromatic N) is 2. The lowest BCUT2D eigenvalue weighted by Gasteiger charge is -2.20. The van der Waals surface area contributed by atoms with Crippen molar-refractivity contribution in [3.8, 4) is 6.07 Å². The van der Waals surface area contributed by atoms with E-state index in [1.807, 2.05) is 43.0 Å². The molecule has 0 saturated heterocycles. The van der Waals surface area contributed by atoms with Crippen LogP contribution in [0, 0.1) is 25.2 Å². The summed E-state index contributed by atoms with van der Waals surface area (Å²) in [7, 11) is 3.21. The van der Waals surface area contributed by atoms with Gasteiger partial charge in [-0.3, -0.25) is 4.79 Å². The van der Waals surface area contributed by atoms with Gasteiger partial charge >= 0.3 is 0 Å². The molecule has 24 heavy (non-hydrogen) atoms. The molecule has 1 aromatic rings. The van der Waals surface area contributed by atoms with E-state index in [0.717, 1.165) is 11.1 Å². The van der Waals surface area contributed by atoms with Gasteiger partial charge in [-0.25, -0.2) is 0 Å². The standard InChI is InChI=1S/C18H25N3O3/c1-14-5-6-17(15(2)11-14)20-18(22)16(12-19)13-21(7-9-23-3)8-10-24-4/h5-6,11,13H,7-10H2,1-4H3,(H,20,22)/b16-13-. The fourth-order valence-corrected chi connectivity index (χ4v) is 2.12. The Labute approximate surface area is 143 Å². The van der Waals surface area contributed by atoms with Crippen molar-refractivity contribution in [2.75, 3.05) is 45.8 Å². The normalized spacial score (nSPS) is 11.0. The SMILES string of the molecule is COCCN(/C=C(/C#N)C(=O)Nc1ccc(C)cc1C)CCOC. The number of anilines is 1. The zero-order valence-electron chi connectivity index (χ0n) is 14.8. The fourth-order valence-electron chi connectivity index (χ4n) is 2.12. The van der Waals surface area contributed by atoms with Crippen LogP contribution in [0.3, 0.4) is 0 Å². The first kappa shape index (κ1) is 19.7. The van der Waals surface area contributed by atoms with Gasteiger partial charge in [-0.15, -0.1) is 0 Å². The molecular weight excluding hydrogens is 306 g/mol. The molecule has 1 N–H and O–H groups in total. The van der Waals surface area contributed by atoms with Crippen LogP contribution in [0.1, 0.15) is 11.1 Å². The average molecular weight is 331 g/mol. The highest BCUT2D eigenvalue weighted by atomic mass is 16.5. The van der Waals surface area contributed by atoms with Crippen LogP contribution in [-0.4, -0.2) is 51.3 Å². The number of carbonyl (C=O) groups excluding carboxylic acids is 1. The monoisotopic (exact) mass is 331 g/mol. The first-order valence-electron chi connectivity index (χ1n) is 7.74. The molecule has 6 heteroatoms. The molecule has 1 aromatic carbocycles. The quantitative estimate of drug-likeness (QED) is 0.555. The minimum absolute atomic E-state index is 0.0437. The molecule has 0 fully saturated rings. The van der Waals surface area contributed by atoms with Crippen molar-refractivity contribution in [2.45, 2.75) is 13.8 Å². The molecule has 0 aliphatic carbocycles. The van der Waals surface area contributed by atoms with Gasteiger partial charge in [-0.2, -0.15) is 5.26 Å². The van der Waals surface area contributed by atoms with Crippen LogP contribution in [0.15, 0.2) is 30.0 Å². The third kappa shape index (κ3) is 6.41. The maximum Gasteiger partial charge on any atom is 0.267 e. The van der Waals surface area contributed by atoms with Crippen LogP contribution >= 0.6 is 0 Å². The van der Waals surface area contributed by atoms with E-state index < -0.39 is 5.91 Å². The average Bonchev–Trinajstić information content (AvgIpc) is 2.56. The summed E-state index contributed by atoms with van der Waals surface area (Å²) in [4.78, 5) is 14.2. The molecular formula is C18H25N3O3. The lowest BCUT2D eigenvalue weighted by Crippen LogP contribution is -2.27.